The number of benzene rings is 1. The summed E-state index contributed by atoms with van der Waals surface area (Å²) >= 11 is 0. The lowest BCUT2D eigenvalue weighted by atomic mass is 9.92. The second kappa shape index (κ2) is 12.4. The lowest BCUT2D eigenvalue weighted by Crippen LogP contribution is -2.35. The molecule has 0 aliphatic carbocycles. The van der Waals surface area contributed by atoms with Crippen molar-refractivity contribution in [2.75, 3.05) is 39.2 Å². The Labute approximate surface area is 215 Å². The van der Waals surface area contributed by atoms with Crippen molar-refractivity contribution in [3.63, 3.8) is 0 Å². The first kappa shape index (κ1) is 26.2. The highest BCUT2D eigenvalue weighted by molar-refractivity contribution is 6.07. The monoisotopic (exact) mass is 509 g/mol. The zero-order valence-electron chi connectivity index (χ0n) is 21.0. The molecule has 2 aromatic heterocycles. The van der Waals surface area contributed by atoms with Crippen molar-refractivity contribution in [3.8, 4) is 22.8 Å². The SMILES string of the molecule is C1CCNC1.COc1cnccc1-c1[nH]c2c(c1Nc1cccc(F)c1OC)C(=O)NCC2CCC=O. The van der Waals surface area contributed by atoms with Gasteiger partial charge in [0.15, 0.2) is 11.6 Å². The molecule has 0 spiro atoms. The Bertz CT molecular complexity index is 1230. The maximum Gasteiger partial charge on any atom is 0.255 e. The van der Waals surface area contributed by atoms with Gasteiger partial charge in [-0.25, -0.2) is 4.39 Å². The number of nitrogens with one attached hydrogen (secondary N) is 4. The summed E-state index contributed by atoms with van der Waals surface area (Å²) in [5, 5.41) is 9.31. The van der Waals surface area contributed by atoms with Crippen LogP contribution in [-0.4, -0.2) is 56.0 Å². The average Bonchev–Trinajstić information content (AvgIpc) is 3.62. The summed E-state index contributed by atoms with van der Waals surface area (Å²) in [6.45, 7) is 2.91. The molecule has 3 aromatic rings. The fourth-order valence-corrected chi connectivity index (χ4v) is 4.63. The number of hydrogen-bond acceptors (Lipinski definition) is 7. The summed E-state index contributed by atoms with van der Waals surface area (Å²) in [6.07, 6.45) is 7.78. The second-order valence-corrected chi connectivity index (χ2v) is 8.79. The summed E-state index contributed by atoms with van der Waals surface area (Å²) in [5.74, 6) is -0.340. The zero-order valence-corrected chi connectivity index (χ0v) is 21.0. The van der Waals surface area contributed by atoms with E-state index >= 15 is 0 Å². The van der Waals surface area contributed by atoms with Gasteiger partial charge in [-0.2, -0.15) is 0 Å². The number of anilines is 2. The molecule has 0 radical (unpaired) electrons. The quantitative estimate of drug-likeness (QED) is 0.337. The molecular formula is C27H32FN5O4. The minimum absolute atomic E-state index is 0.0313. The Balaban J connectivity index is 0.000000572. The van der Waals surface area contributed by atoms with Crippen LogP contribution in [0, 0.1) is 5.82 Å². The number of aromatic amines is 1. The molecule has 1 unspecified atom stereocenters. The molecule has 10 heteroatoms. The first-order chi connectivity index (χ1) is 18.1. The van der Waals surface area contributed by atoms with Crippen LogP contribution in [0.4, 0.5) is 15.8 Å². The van der Waals surface area contributed by atoms with E-state index in [2.05, 4.69) is 25.9 Å². The zero-order chi connectivity index (χ0) is 26.2. The number of H-pyrrole nitrogens is 1. The van der Waals surface area contributed by atoms with E-state index in [0.29, 0.717) is 59.0 Å². The Kier molecular flexibility index (Phi) is 8.73. The van der Waals surface area contributed by atoms with E-state index in [-0.39, 0.29) is 17.6 Å². The number of rotatable bonds is 8. The molecule has 4 N–H and O–H groups in total. The molecule has 196 valence electrons. The third-order valence-corrected chi connectivity index (χ3v) is 6.47. The van der Waals surface area contributed by atoms with E-state index in [1.54, 1.807) is 30.6 Å². The molecule has 37 heavy (non-hydrogen) atoms. The minimum Gasteiger partial charge on any atom is -0.494 e. The van der Waals surface area contributed by atoms with Crippen LogP contribution in [0.3, 0.4) is 0 Å². The Morgan fingerprint density at radius 3 is 2.68 bits per heavy atom. The van der Waals surface area contributed by atoms with Gasteiger partial charge in [0.05, 0.1) is 43.0 Å². The largest absolute Gasteiger partial charge is 0.494 e. The first-order valence-electron chi connectivity index (χ1n) is 12.3. The molecule has 1 fully saturated rings. The smallest absolute Gasteiger partial charge is 0.255 e. The van der Waals surface area contributed by atoms with E-state index < -0.39 is 5.82 Å². The van der Waals surface area contributed by atoms with Gasteiger partial charge in [0.2, 0.25) is 0 Å². The number of carbonyl (C=O) groups excluding carboxylic acids is 2. The molecule has 2 aliphatic heterocycles. The van der Waals surface area contributed by atoms with Crippen LogP contribution in [0.2, 0.25) is 0 Å². The molecule has 5 rings (SSSR count). The molecule has 9 nitrogen and oxygen atoms in total. The van der Waals surface area contributed by atoms with Crippen molar-refractivity contribution in [3.05, 3.63) is 53.7 Å². The van der Waals surface area contributed by atoms with Crippen LogP contribution in [0.25, 0.3) is 11.3 Å². The van der Waals surface area contributed by atoms with E-state index in [4.69, 9.17) is 9.47 Å². The van der Waals surface area contributed by atoms with Crippen molar-refractivity contribution in [2.24, 2.45) is 0 Å². The number of halogens is 1. The topological polar surface area (TPSA) is 117 Å². The van der Waals surface area contributed by atoms with Crippen molar-refractivity contribution in [1.29, 1.82) is 0 Å². The number of nitrogens with zero attached hydrogens (tertiary/aromatic N) is 1. The van der Waals surface area contributed by atoms with Gasteiger partial charge in [-0.05, 0) is 50.6 Å². The molecule has 0 saturated carbocycles. The summed E-state index contributed by atoms with van der Waals surface area (Å²) in [7, 11) is 2.91. The fraction of sp³-hybridized carbons (Fsp3) is 0.370. The van der Waals surface area contributed by atoms with Gasteiger partial charge in [0.1, 0.15) is 12.0 Å². The highest BCUT2D eigenvalue weighted by Crippen LogP contribution is 2.44. The van der Waals surface area contributed by atoms with Crippen LogP contribution < -0.4 is 25.4 Å². The molecule has 1 saturated heterocycles. The number of ether oxygens (including phenoxy) is 2. The van der Waals surface area contributed by atoms with Crippen molar-refractivity contribution < 1.29 is 23.5 Å². The standard InChI is InChI=1S/C23H23FN4O4.C4H9N/c1-31-17-12-25-9-8-14(17)20-21(27-16-7-3-6-15(24)22(16)32-2)18-19(28-20)13(5-4-10-29)11-26-23(18)30;1-2-4-5-3-1/h3,6-10,12-13,27-28H,4-5,11H2,1-2H3,(H,26,30);5H,1-4H2. The number of hydrogen-bond donors (Lipinski definition) is 4. The normalized spacial score (nSPS) is 16.2. The second-order valence-electron chi connectivity index (χ2n) is 8.79. The number of aromatic nitrogens is 2. The summed E-state index contributed by atoms with van der Waals surface area (Å²) < 4.78 is 25.0. The van der Waals surface area contributed by atoms with Crippen molar-refractivity contribution >= 4 is 23.6 Å². The van der Waals surface area contributed by atoms with Crippen LogP contribution in [-0.2, 0) is 4.79 Å². The maximum atomic E-state index is 14.3. The summed E-state index contributed by atoms with van der Waals surface area (Å²) in [5.41, 5.74) is 3.22. The lowest BCUT2D eigenvalue weighted by Gasteiger charge is -2.23. The number of carbonyl (C=O) groups is 2. The minimum atomic E-state index is -0.529. The van der Waals surface area contributed by atoms with E-state index in [1.807, 2.05) is 0 Å². The van der Waals surface area contributed by atoms with Crippen LogP contribution in [0.1, 0.15) is 47.7 Å². The number of fused-ring (bicyclic) bond motifs is 1. The number of para-hydroxylation sites is 1. The summed E-state index contributed by atoms with van der Waals surface area (Å²) in [4.78, 5) is 31.4. The van der Waals surface area contributed by atoms with Crippen LogP contribution in [0.15, 0.2) is 36.7 Å². The lowest BCUT2D eigenvalue weighted by molar-refractivity contribution is -0.108. The van der Waals surface area contributed by atoms with Gasteiger partial charge in [0, 0.05) is 36.3 Å². The van der Waals surface area contributed by atoms with Crippen LogP contribution >= 0.6 is 0 Å². The van der Waals surface area contributed by atoms with Gasteiger partial charge in [-0.1, -0.05) is 6.07 Å². The fourth-order valence-electron chi connectivity index (χ4n) is 4.63. The number of methoxy groups -OCH3 is 2. The number of pyridine rings is 1. The molecule has 0 bridgehead atoms. The van der Waals surface area contributed by atoms with Gasteiger partial charge in [-0.15, -0.1) is 0 Å². The molecule has 1 amide bonds. The van der Waals surface area contributed by atoms with Gasteiger partial charge in [-0.3, -0.25) is 9.78 Å². The van der Waals surface area contributed by atoms with Gasteiger partial charge >= 0.3 is 0 Å². The van der Waals surface area contributed by atoms with E-state index in [0.717, 1.165) is 6.29 Å². The number of amides is 1. The van der Waals surface area contributed by atoms with E-state index in [9.17, 15) is 14.0 Å². The molecule has 1 aromatic carbocycles. The molecule has 2 aliphatic rings. The highest BCUT2D eigenvalue weighted by Gasteiger charge is 2.33. The Morgan fingerprint density at radius 1 is 1.19 bits per heavy atom. The number of aldehydes is 1. The van der Waals surface area contributed by atoms with Gasteiger partial charge in [0.25, 0.3) is 5.91 Å². The maximum absolute atomic E-state index is 14.3. The average molecular weight is 510 g/mol. The first-order valence-corrected chi connectivity index (χ1v) is 12.3. The van der Waals surface area contributed by atoms with Crippen molar-refractivity contribution in [2.45, 2.75) is 31.6 Å². The Hall–Kier alpha value is -3.92. The predicted molar refractivity (Wildman–Crippen MR) is 139 cm³/mol. The molecule has 4 heterocycles. The van der Waals surface area contributed by atoms with E-state index in [1.165, 1.54) is 46.2 Å². The van der Waals surface area contributed by atoms with Crippen LogP contribution in [0.5, 0.6) is 11.5 Å². The summed E-state index contributed by atoms with van der Waals surface area (Å²) in [6, 6.07) is 6.28. The third kappa shape index (κ3) is 5.75. The Morgan fingerprint density at radius 2 is 2.00 bits per heavy atom. The predicted octanol–water partition coefficient (Wildman–Crippen LogP) is 4.15. The molecular weight excluding hydrogens is 477 g/mol. The highest BCUT2D eigenvalue weighted by atomic mass is 19.1. The molecule has 1 atom stereocenters. The van der Waals surface area contributed by atoms with Crippen molar-refractivity contribution in [1.82, 2.24) is 20.6 Å². The van der Waals surface area contributed by atoms with Gasteiger partial charge < -0.3 is 35.2 Å². The third-order valence-electron chi connectivity index (χ3n) is 6.47.